The molecule has 1 saturated carbocycles. The average Bonchev–Trinajstić information content (AvgIpc) is 3.61. The molecule has 2 aliphatic rings. The zero-order chi connectivity index (χ0) is 26.0. The Morgan fingerprint density at radius 2 is 1.74 bits per heavy atom. The summed E-state index contributed by atoms with van der Waals surface area (Å²) in [4.78, 5) is 25.0. The lowest BCUT2D eigenvalue weighted by Crippen LogP contribution is -2.36. The van der Waals surface area contributed by atoms with Gasteiger partial charge in [-0.15, -0.1) is 0 Å². The van der Waals surface area contributed by atoms with Gasteiger partial charge in [-0.1, -0.05) is 31.4 Å². The predicted molar refractivity (Wildman–Crippen MR) is 154 cm³/mol. The zero-order valence-corrected chi connectivity index (χ0v) is 21.9. The van der Waals surface area contributed by atoms with Gasteiger partial charge in [-0.3, -0.25) is 0 Å². The summed E-state index contributed by atoms with van der Waals surface area (Å²) in [7, 11) is 0. The van der Waals surface area contributed by atoms with Crippen LogP contribution in [0, 0.1) is 0 Å². The van der Waals surface area contributed by atoms with Gasteiger partial charge in [0.25, 0.3) is 0 Å². The number of anilines is 4. The van der Waals surface area contributed by atoms with Gasteiger partial charge < -0.3 is 29.8 Å². The van der Waals surface area contributed by atoms with Crippen LogP contribution in [0.1, 0.15) is 44.0 Å². The van der Waals surface area contributed by atoms with E-state index in [0.717, 1.165) is 72.9 Å². The Balaban J connectivity index is 1.18. The quantitative estimate of drug-likeness (QED) is 0.260. The minimum Gasteiger partial charge on any atom is -0.378 e. The smallest absolute Gasteiger partial charge is 0.231 e. The van der Waals surface area contributed by atoms with Crippen molar-refractivity contribution >= 4 is 45.3 Å². The molecule has 0 bridgehead atoms. The fraction of sp³-hybridized carbons (Fsp3) is 0.379. The first-order valence-corrected chi connectivity index (χ1v) is 13.9. The fourth-order valence-corrected chi connectivity index (χ4v) is 5.69. The highest BCUT2D eigenvalue weighted by Crippen LogP contribution is 2.32. The van der Waals surface area contributed by atoms with Gasteiger partial charge in [0.2, 0.25) is 5.95 Å². The maximum atomic E-state index is 5.49. The van der Waals surface area contributed by atoms with E-state index < -0.39 is 0 Å². The zero-order valence-electron chi connectivity index (χ0n) is 21.9. The number of hydrogen-bond donors (Lipinski definition) is 3. The largest absolute Gasteiger partial charge is 0.378 e. The maximum absolute atomic E-state index is 5.49. The lowest BCUT2D eigenvalue weighted by Gasteiger charge is -2.28. The van der Waals surface area contributed by atoms with Crippen molar-refractivity contribution in [2.75, 3.05) is 41.8 Å². The minimum atomic E-state index is 0.419. The summed E-state index contributed by atoms with van der Waals surface area (Å²) in [6.45, 7) is 3.87. The molecule has 0 unspecified atom stereocenters. The molecule has 3 N–H and O–H groups in total. The number of H-pyrrole nitrogens is 1. The Labute approximate surface area is 226 Å². The molecule has 10 nitrogen and oxygen atoms in total. The number of nitrogens with one attached hydrogen (secondary N) is 3. The van der Waals surface area contributed by atoms with Crippen LogP contribution in [-0.4, -0.2) is 55.8 Å². The van der Waals surface area contributed by atoms with Gasteiger partial charge in [0.15, 0.2) is 17.0 Å². The Kier molecular flexibility index (Phi) is 6.45. The van der Waals surface area contributed by atoms with Crippen LogP contribution in [0.3, 0.4) is 0 Å². The van der Waals surface area contributed by atoms with Crippen LogP contribution in [0.2, 0.25) is 0 Å². The first-order chi connectivity index (χ1) is 19.3. The third-order valence-corrected chi connectivity index (χ3v) is 7.75. The van der Waals surface area contributed by atoms with Gasteiger partial charge in [0, 0.05) is 30.5 Å². The SMILES string of the molecule is c1ccc2[nH]c(CNc3nc(Nc4ccc(N5CCOCC5)cc4)nc4c3ncn4C3CCCCC3)nc2c1. The molecule has 0 spiro atoms. The van der Waals surface area contributed by atoms with Gasteiger partial charge in [-0.05, 0) is 49.2 Å². The molecule has 1 aliphatic heterocycles. The molecule has 2 aromatic carbocycles. The summed E-state index contributed by atoms with van der Waals surface area (Å²) in [5, 5.41) is 6.92. The third-order valence-electron chi connectivity index (χ3n) is 7.75. The summed E-state index contributed by atoms with van der Waals surface area (Å²) in [6, 6.07) is 16.9. The van der Waals surface area contributed by atoms with Crippen LogP contribution in [0.25, 0.3) is 22.2 Å². The van der Waals surface area contributed by atoms with Crippen molar-refractivity contribution < 1.29 is 4.74 Å². The summed E-state index contributed by atoms with van der Waals surface area (Å²) >= 11 is 0. The lowest BCUT2D eigenvalue weighted by molar-refractivity contribution is 0.122. The van der Waals surface area contributed by atoms with Crippen molar-refractivity contribution in [2.45, 2.75) is 44.7 Å². The monoisotopic (exact) mass is 523 g/mol. The molecule has 0 atom stereocenters. The molecule has 2 fully saturated rings. The van der Waals surface area contributed by atoms with Crippen molar-refractivity contribution in [2.24, 2.45) is 0 Å². The average molecular weight is 524 g/mol. The third kappa shape index (κ3) is 4.99. The lowest BCUT2D eigenvalue weighted by atomic mass is 9.95. The molecule has 5 aromatic rings. The molecular weight excluding hydrogens is 490 g/mol. The van der Waals surface area contributed by atoms with Gasteiger partial charge in [-0.25, -0.2) is 9.97 Å². The van der Waals surface area contributed by atoms with Crippen LogP contribution in [-0.2, 0) is 11.3 Å². The number of rotatable bonds is 7. The number of para-hydroxylation sites is 2. The molecule has 0 amide bonds. The molecule has 1 saturated heterocycles. The van der Waals surface area contributed by atoms with E-state index in [2.05, 4.69) is 49.4 Å². The maximum Gasteiger partial charge on any atom is 0.231 e. The van der Waals surface area contributed by atoms with Crippen molar-refractivity contribution in [3.63, 3.8) is 0 Å². The van der Waals surface area contributed by atoms with Crippen molar-refractivity contribution in [1.82, 2.24) is 29.5 Å². The number of nitrogens with zero attached hydrogens (tertiary/aromatic N) is 6. The van der Waals surface area contributed by atoms with Crippen LogP contribution in [0.15, 0.2) is 54.9 Å². The van der Waals surface area contributed by atoms with Crippen molar-refractivity contribution in [3.8, 4) is 0 Å². The number of hydrogen-bond acceptors (Lipinski definition) is 8. The normalized spacial score (nSPS) is 16.7. The molecule has 4 heterocycles. The van der Waals surface area contributed by atoms with E-state index in [-0.39, 0.29) is 0 Å². The van der Waals surface area contributed by atoms with E-state index in [1.165, 1.54) is 24.9 Å². The summed E-state index contributed by atoms with van der Waals surface area (Å²) < 4.78 is 7.74. The molecule has 3 aromatic heterocycles. The molecule has 0 radical (unpaired) electrons. The van der Waals surface area contributed by atoms with Crippen molar-refractivity contribution in [3.05, 3.63) is 60.7 Å². The second kappa shape index (κ2) is 10.5. The standard InChI is InChI=1S/C29H33N9O/c1-2-6-22(7-3-1)38-19-31-26-27(30-18-25-33-23-8-4-5-9-24(23)34-25)35-29(36-28(26)38)32-20-10-12-21(13-11-20)37-14-16-39-17-15-37/h4-5,8-13,19,22H,1-3,6-7,14-18H2,(H,33,34)(H2,30,32,35,36). The van der Waals surface area contributed by atoms with E-state index in [4.69, 9.17) is 24.7 Å². The van der Waals surface area contributed by atoms with Crippen molar-refractivity contribution in [1.29, 1.82) is 0 Å². The number of morpholine rings is 1. The van der Waals surface area contributed by atoms with Crippen LogP contribution >= 0.6 is 0 Å². The second-order valence-corrected chi connectivity index (χ2v) is 10.3. The number of benzene rings is 2. The van der Waals surface area contributed by atoms with E-state index in [1.807, 2.05) is 30.6 Å². The molecule has 10 heteroatoms. The fourth-order valence-electron chi connectivity index (χ4n) is 5.69. The number of imidazole rings is 2. The topological polar surface area (TPSA) is 109 Å². The predicted octanol–water partition coefficient (Wildman–Crippen LogP) is 5.40. The van der Waals surface area contributed by atoms with Crippen LogP contribution in [0.5, 0.6) is 0 Å². The van der Waals surface area contributed by atoms with Crippen LogP contribution in [0.4, 0.5) is 23.1 Å². The Hall–Kier alpha value is -4.18. The van der Waals surface area contributed by atoms with Gasteiger partial charge in [-0.2, -0.15) is 9.97 Å². The number of aromatic amines is 1. The highest BCUT2D eigenvalue weighted by atomic mass is 16.5. The first-order valence-electron chi connectivity index (χ1n) is 13.9. The number of aromatic nitrogens is 6. The highest BCUT2D eigenvalue weighted by Gasteiger charge is 2.21. The van der Waals surface area contributed by atoms with Crippen LogP contribution < -0.4 is 15.5 Å². The Morgan fingerprint density at radius 3 is 2.56 bits per heavy atom. The second-order valence-electron chi connectivity index (χ2n) is 10.3. The number of fused-ring (bicyclic) bond motifs is 2. The molecular formula is C29H33N9O. The Morgan fingerprint density at radius 1 is 0.923 bits per heavy atom. The van der Waals surface area contributed by atoms with E-state index >= 15 is 0 Å². The summed E-state index contributed by atoms with van der Waals surface area (Å²) in [6.07, 6.45) is 8.03. The van der Waals surface area contributed by atoms with E-state index in [1.54, 1.807) is 0 Å². The molecule has 200 valence electrons. The Bertz CT molecular complexity index is 1530. The minimum absolute atomic E-state index is 0.419. The van der Waals surface area contributed by atoms with E-state index in [0.29, 0.717) is 24.4 Å². The molecule has 39 heavy (non-hydrogen) atoms. The van der Waals surface area contributed by atoms with Gasteiger partial charge >= 0.3 is 0 Å². The number of ether oxygens (including phenoxy) is 1. The summed E-state index contributed by atoms with van der Waals surface area (Å²) in [5.41, 5.74) is 5.75. The molecule has 1 aliphatic carbocycles. The highest BCUT2D eigenvalue weighted by molar-refractivity contribution is 5.85. The van der Waals surface area contributed by atoms with Gasteiger partial charge in [0.1, 0.15) is 5.82 Å². The first kappa shape index (κ1) is 23.9. The van der Waals surface area contributed by atoms with E-state index in [9.17, 15) is 0 Å². The van der Waals surface area contributed by atoms with Gasteiger partial charge in [0.05, 0.1) is 37.1 Å². The molecule has 7 rings (SSSR count). The summed E-state index contributed by atoms with van der Waals surface area (Å²) in [5.74, 6) is 2.09.